The molecule has 0 saturated carbocycles. The highest BCUT2D eigenvalue weighted by atomic mass is 16.2. The van der Waals surface area contributed by atoms with Gasteiger partial charge in [-0.15, -0.1) is 0 Å². The standard InChI is InChI=1S/C14H17NO2/c1-9-10(2)14(17)15(13(9)16)11(3)12-7-5-4-6-8-12/h4-11H,1-3H3/t9?,10?,11-/m0/s1. The summed E-state index contributed by atoms with van der Waals surface area (Å²) in [6, 6.07) is 9.48. The van der Waals surface area contributed by atoms with E-state index in [1.807, 2.05) is 51.1 Å². The van der Waals surface area contributed by atoms with E-state index in [0.29, 0.717) is 0 Å². The number of imide groups is 1. The van der Waals surface area contributed by atoms with Gasteiger partial charge in [-0.25, -0.2) is 0 Å². The fourth-order valence-corrected chi connectivity index (χ4v) is 2.24. The molecule has 3 atom stereocenters. The number of rotatable bonds is 2. The van der Waals surface area contributed by atoms with Crippen LogP contribution in [0.15, 0.2) is 30.3 Å². The van der Waals surface area contributed by atoms with Gasteiger partial charge >= 0.3 is 0 Å². The summed E-state index contributed by atoms with van der Waals surface area (Å²) in [7, 11) is 0. The smallest absolute Gasteiger partial charge is 0.233 e. The summed E-state index contributed by atoms with van der Waals surface area (Å²) in [5.74, 6) is -0.514. The molecule has 1 fully saturated rings. The first-order chi connectivity index (χ1) is 8.04. The molecule has 0 bridgehead atoms. The Labute approximate surface area is 101 Å². The highest BCUT2D eigenvalue weighted by Gasteiger charge is 2.44. The topological polar surface area (TPSA) is 37.4 Å². The van der Waals surface area contributed by atoms with Crippen LogP contribution < -0.4 is 0 Å². The predicted molar refractivity (Wildman–Crippen MR) is 65.0 cm³/mol. The second-order valence-corrected chi connectivity index (χ2v) is 4.71. The average molecular weight is 231 g/mol. The Morgan fingerprint density at radius 2 is 1.47 bits per heavy atom. The minimum Gasteiger partial charge on any atom is -0.275 e. The van der Waals surface area contributed by atoms with Crippen LogP contribution in [0.1, 0.15) is 32.4 Å². The van der Waals surface area contributed by atoms with Gasteiger partial charge in [0.15, 0.2) is 0 Å². The third-order valence-electron chi connectivity index (χ3n) is 3.67. The molecule has 3 heteroatoms. The van der Waals surface area contributed by atoms with E-state index < -0.39 is 0 Å². The molecule has 90 valence electrons. The van der Waals surface area contributed by atoms with E-state index in [4.69, 9.17) is 0 Å². The molecule has 0 N–H and O–H groups in total. The molecule has 2 unspecified atom stereocenters. The van der Waals surface area contributed by atoms with E-state index in [0.717, 1.165) is 5.56 Å². The van der Waals surface area contributed by atoms with Crippen LogP contribution in [-0.4, -0.2) is 16.7 Å². The lowest BCUT2D eigenvalue weighted by Gasteiger charge is -2.23. The van der Waals surface area contributed by atoms with Crippen LogP contribution in [0.25, 0.3) is 0 Å². The van der Waals surface area contributed by atoms with Gasteiger partial charge in [0.05, 0.1) is 6.04 Å². The van der Waals surface area contributed by atoms with Crippen LogP contribution in [0, 0.1) is 11.8 Å². The molecular formula is C14H17NO2. The highest BCUT2D eigenvalue weighted by Crippen LogP contribution is 2.32. The molecule has 0 radical (unpaired) electrons. The fraction of sp³-hybridized carbons (Fsp3) is 0.429. The van der Waals surface area contributed by atoms with Gasteiger partial charge in [0.25, 0.3) is 0 Å². The lowest BCUT2D eigenvalue weighted by Crippen LogP contribution is -2.33. The zero-order valence-corrected chi connectivity index (χ0v) is 10.4. The summed E-state index contributed by atoms with van der Waals surface area (Å²) in [6.07, 6.45) is 0. The first kappa shape index (κ1) is 11.8. The SMILES string of the molecule is CC1C(=O)N([C@@H](C)c2ccccc2)C(=O)C1C. The first-order valence-electron chi connectivity index (χ1n) is 5.96. The summed E-state index contributed by atoms with van der Waals surface area (Å²) >= 11 is 0. The largest absolute Gasteiger partial charge is 0.275 e. The van der Waals surface area contributed by atoms with Gasteiger partial charge in [-0.2, -0.15) is 0 Å². The fourth-order valence-electron chi connectivity index (χ4n) is 2.24. The van der Waals surface area contributed by atoms with Gasteiger partial charge in [0.1, 0.15) is 0 Å². The number of nitrogens with zero attached hydrogens (tertiary/aromatic N) is 1. The van der Waals surface area contributed by atoms with Crippen molar-refractivity contribution in [1.29, 1.82) is 0 Å². The van der Waals surface area contributed by atoms with Crippen molar-refractivity contribution in [3.05, 3.63) is 35.9 Å². The maximum Gasteiger partial charge on any atom is 0.233 e. The van der Waals surface area contributed by atoms with Gasteiger partial charge in [0, 0.05) is 11.8 Å². The summed E-state index contributed by atoms with van der Waals surface area (Å²) in [5, 5.41) is 0. The number of carbonyl (C=O) groups excluding carboxylic acids is 2. The number of carbonyl (C=O) groups is 2. The van der Waals surface area contributed by atoms with Crippen molar-refractivity contribution in [3.63, 3.8) is 0 Å². The summed E-state index contributed by atoms with van der Waals surface area (Å²) in [4.78, 5) is 25.5. The Bertz CT molecular complexity index is 421. The van der Waals surface area contributed by atoms with E-state index in [1.165, 1.54) is 4.90 Å². The molecule has 1 aromatic carbocycles. The van der Waals surface area contributed by atoms with Gasteiger partial charge in [-0.05, 0) is 12.5 Å². The second kappa shape index (κ2) is 4.32. The average Bonchev–Trinajstić information content (AvgIpc) is 2.54. The quantitative estimate of drug-likeness (QED) is 0.733. The molecule has 2 rings (SSSR count). The Kier molecular flexibility index (Phi) is 3.01. The van der Waals surface area contributed by atoms with Crippen molar-refractivity contribution in [2.24, 2.45) is 11.8 Å². The molecule has 0 aromatic heterocycles. The Hall–Kier alpha value is -1.64. The van der Waals surface area contributed by atoms with Gasteiger partial charge in [0.2, 0.25) is 11.8 Å². The zero-order valence-electron chi connectivity index (χ0n) is 10.4. The van der Waals surface area contributed by atoms with Gasteiger partial charge < -0.3 is 0 Å². The number of hydrogen-bond donors (Lipinski definition) is 0. The Morgan fingerprint density at radius 1 is 1.00 bits per heavy atom. The van der Waals surface area contributed by atoms with Crippen molar-refractivity contribution in [2.75, 3.05) is 0 Å². The number of hydrogen-bond acceptors (Lipinski definition) is 2. The zero-order chi connectivity index (χ0) is 12.6. The third kappa shape index (κ3) is 1.86. The maximum atomic E-state index is 12.0. The highest BCUT2D eigenvalue weighted by molar-refractivity contribution is 6.05. The molecule has 1 aliphatic rings. The van der Waals surface area contributed by atoms with E-state index in [9.17, 15) is 9.59 Å². The maximum absolute atomic E-state index is 12.0. The normalized spacial score (nSPS) is 26.4. The van der Waals surface area contributed by atoms with E-state index >= 15 is 0 Å². The van der Waals surface area contributed by atoms with E-state index in [-0.39, 0.29) is 29.7 Å². The van der Waals surface area contributed by atoms with Crippen molar-refractivity contribution in [1.82, 2.24) is 4.90 Å². The number of benzene rings is 1. The van der Waals surface area contributed by atoms with Crippen LogP contribution in [0.3, 0.4) is 0 Å². The predicted octanol–water partition coefficient (Wildman–Crippen LogP) is 2.39. The minimum atomic E-state index is -0.200. The Morgan fingerprint density at radius 3 is 1.94 bits per heavy atom. The number of amides is 2. The minimum absolute atomic E-state index is 0.0566. The van der Waals surface area contributed by atoms with Crippen LogP contribution >= 0.6 is 0 Å². The van der Waals surface area contributed by atoms with Crippen molar-refractivity contribution in [3.8, 4) is 0 Å². The molecular weight excluding hydrogens is 214 g/mol. The molecule has 1 saturated heterocycles. The van der Waals surface area contributed by atoms with Crippen LogP contribution in [0.2, 0.25) is 0 Å². The third-order valence-corrected chi connectivity index (χ3v) is 3.67. The lowest BCUT2D eigenvalue weighted by atomic mass is 10.00. The molecule has 17 heavy (non-hydrogen) atoms. The first-order valence-corrected chi connectivity index (χ1v) is 5.96. The van der Waals surface area contributed by atoms with Gasteiger partial charge in [-0.3, -0.25) is 14.5 Å². The summed E-state index contributed by atoms with van der Waals surface area (Å²) in [5.41, 5.74) is 0.996. The molecule has 3 nitrogen and oxygen atoms in total. The molecule has 0 aliphatic carbocycles. The molecule has 1 heterocycles. The van der Waals surface area contributed by atoms with Crippen molar-refractivity contribution < 1.29 is 9.59 Å². The number of likely N-dealkylation sites (tertiary alicyclic amines) is 1. The second-order valence-electron chi connectivity index (χ2n) is 4.71. The van der Waals surface area contributed by atoms with Crippen LogP contribution in [0.5, 0.6) is 0 Å². The lowest BCUT2D eigenvalue weighted by molar-refractivity contribution is -0.142. The van der Waals surface area contributed by atoms with E-state index in [1.54, 1.807) is 0 Å². The van der Waals surface area contributed by atoms with Crippen molar-refractivity contribution >= 4 is 11.8 Å². The van der Waals surface area contributed by atoms with Crippen molar-refractivity contribution in [2.45, 2.75) is 26.8 Å². The Balaban J connectivity index is 2.30. The summed E-state index contributed by atoms with van der Waals surface area (Å²) < 4.78 is 0. The van der Waals surface area contributed by atoms with E-state index in [2.05, 4.69) is 0 Å². The van der Waals surface area contributed by atoms with Crippen LogP contribution in [-0.2, 0) is 9.59 Å². The molecule has 2 amide bonds. The van der Waals surface area contributed by atoms with Crippen LogP contribution in [0.4, 0.5) is 0 Å². The van der Waals surface area contributed by atoms with Gasteiger partial charge in [-0.1, -0.05) is 44.2 Å². The molecule has 0 spiro atoms. The monoisotopic (exact) mass is 231 g/mol. The molecule has 1 aliphatic heterocycles. The molecule has 1 aromatic rings. The summed E-state index contributed by atoms with van der Waals surface area (Å²) in [6.45, 7) is 5.54.